The Morgan fingerprint density at radius 1 is 1.11 bits per heavy atom. The number of nitro groups is 1. The summed E-state index contributed by atoms with van der Waals surface area (Å²) in [6.45, 7) is 3.80. The third kappa shape index (κ3) is 3.16. The molecule has 0 bridgehead atoms. The molecule has 8 nitrogen and oxygen atoms in total. The normalized spacial score (nSPS) is 19.6. The fraction of sp³-hybridized carbons (Fsp3) is 0.350. The van der Waals surface area contributed by atoms with Crippen molar-refractivity contribution < 1.29 is 19.9 Å². The molecule has 2 aromatic carbocycles. The second-order valence-electron chi connectivity index (χ2n) is 7.27. The highest BCUT2D eigenvalue weighted by Crippen LogP contribution is 2.44. The second-order valence-corrected chi connectivity index (χ2v) is 7.27. The molecule has 0 radical (unpaired) electrons. The summed E-state index contributed by atoms with van der Waals surface area (Å²) in [6, 6.07) is 11.4. The van der Waals surface area contributed by atoms with Crippen LogP contribution in [0.2, 0.25) is 0 Å². The zero-order valence-corrected chi connectivity index (χ0v) is 15.2. The minimum Gasteiger partial charge on any atom is -0.504 e. The molecule has 2 aliphatic rings. The Morgan fingerprint density at radius 3 is 2.43 bits per heavy atom. The Morgan fingerprint density at radius 2 is 1.79 bits per heavy atom. The average molecular weight is 383 g/mol. The van der Waals surface area contributed by atoms with Gasteiger partial charge in [0.25, 0.3) is 0 Å². The molecule has 2 N–H and O–H groups in total. The number of hydrogen-bond donors (Lipinski definition) is 2. The molecule has 8 heteroatoms. The number of carbonyl (C=O) groups excluding carboxylic acids is 1. The van der Waals surface area contributed by atoms with Crippen molar-refractivity contribution in [2.45, 2.75) is 6.42 Å². The van der Waals surface area contributed by atoms with E-state index in [4.69, 9.17) is 0 Å². The van der Waals surface area contributed by atoms with Crippen LogP contribution in [0.3, 0.4) is 0 Å². The van der Waals surface area contributed by atoms with Gasteiger partial charge in [-0.05, 0) is 30.2 Å². The molecule has 1 fully saturated rings. The minimum atomic E-state index is -0.839. The number of rotatable bonds is 4. The maximum Gasteiger partial charge on any atom is 0.325 e. The molecule has 2 aromatic rings. The summed E-state index contributed by atoms with van der Waals surface area (Å²) in [6.07, 6.45) is 0.335. The largest absolute Gasteiger partial charge is 0.504 e. The molecule has 1 aliphatic heterocycles. The molecule has 1 heterocycles. The van der Waals surface area contributed by atoms with Gasteiger partial charge in [-0.1, -0.05) is 18.2 Å². The number of anilines is 1. The van der Waals surface area contributed by atoms with E-state index in [0.29, 0.717) is 18.5 Å². The van der Waals surface area contributed by atoms with Crippen LogP contribution in [0.25, 0.3) is 0 Å². The van der Waals surface area contributed by atoms with Gasteiger partial charge in [-0.15, -0.1) is 0 Å². The summed E-state index contributed by atoms with van der Waals surface area (Å²) in [4.78, 5) is 27.8. The minimum absolute atomic E-state index is 0.0618. The van der Waals surface area contributed by atoms with E-state index < -0.39 is 28.0 Å². The van der Waals surface area contributed by atoms with E-state index in [2.05, 4.69) is 21.9 Å². The van der Waals surface area contributed by atoms with Crippen molar-refractivity contribution in [3.63, 3.8) is 0 Å². The molecule has 0 saturated carbocycles. The molecule has 0 amide bonds. The Balaban J connectivity index is 1.45. The van der Waals surface area contributed by atoms with Crippen LogP contribution in [0.15, 0.2) is 36.4 Å². The highest BCUT2D eigenvalue weighted by atomic mass is 16.6. The smallest absolute Gasteiger partial charge is 0.325 e. The predicted octanol–water partition coefficient (Wildman–Crippen LogP) is 2.18. The Labute approximate surface area is 161 Å². The van der Waals surface area contributed by atoms with Gasteiger partial charge < -0.3 is 15.1 Å². The first-order valence-corrected chi connectivity index (χ1v) is 9.24. The number of carbonyl (C=O) groups is 1. The lowest BCUT2D eigenvalue weighted by Crippen LogP contribution is -2.48. The first kappa shape index (κ1) is 18.2. The van der Waals surface area contributed by atoms with Crippen LogP contribution in [-0.2, 0) is 6.42 Å². The van der Waals surface area contributed by atoms with Crippen LogP contribution in [-0.4, -0.2) is 58.5 Å². The van der Waals surface area contributed by atoms with E-state index in [9.17, 15) is 25.1 Å². The average Bonchev–Trinajstić information content (AvgIpc) is 2.99. The zero-order chi connectivity index (χ0) is 19.8. The quantitative estimate of drug-likeness (QED) is 0.473. The molecule has 0 aromatic heterocycles. The molecule has 28 heavy (non-hydrogen) atoms. The van der Waals surface area contributed by atoms with E-state index in [1.807, 2.05) is 18.2 Å². The summed E-state index contributed by atoms with van der Waals surface area (Å²) in [7, 11) is 0. The van der Waals surface area contributed by atoms with E-state index in [-0.39, 0.29) is 11.3 Å². The topological polar surface area (TPSA) is 107 Å². The van der Waals surface area contributed by atoms with Crippen LogP contribution in [0.5, 0.6) is 11.5 Å². The van der Waals surface area contributed by atoms with E-state index in [0.717, 1.165) is 26.2 Å². The highest BCUT2D eigenvalue weighted by Gasteiger charge is 2.40. The Bertz CT molecular complexity index is 923. The second kappa shape index (κ2) is 7.12. The summed E-state index contributed by atoms with van der Waals surface area (Å²) in [5, 5.41) is 30.9. The summed E-state index contributed by atoms with van der Waals surface area (Å²) in [5.41, 5.74) is 0.859. The number of nitrogens with zero attached hydrogens (tertiary/aromatic N) is 3. The van der Waals surface area contributed by atoms with Gasteiger partial charge in [-0.2, -0.15) is 0 Å². The number of phenolic OH excluding ortho intramolecular Hbond substituents is 2. The molecule has 146 valence electrons. The third-order valence-corrected chi connectivity index (χ3v) is 5.57. The molecule has 1 unspecified atom stereocenters. The van der Waals surface area contributed by atoms with Crippen molar-refractivity contribution >= 4 is 17.2 Å². The number of Topliss-reactive ketones (excluding diaryl/α,β-unsaturated/α-hetero) is 1. The number of benzene rings is 2. The zero-order valence-electron chi connectivity index (χ0n) is 15.2. The number of piperazine rings is 1. The first-order valence-electron chi connectivity index (χ1n) is 9.24. The monoisotopic (exact) mass is 383 g/mol. The number of ketones is 1. The fourth-order valence-electron chi connectivity index (χ4n) is 4.16. The number of nitro benzene ring substituents is 1. The van der Waals surface area contributed by atoms with Crippen LogP contribution < -0.4 is 4.90 Å². The van der Waals surface area contributed by atoms with Crippen molar-refractivity contribution in [3.05, 3.63) is 57.6 Å². The first-order chi connectivity index (χ1) is 13.5. The van der Waals surface area contributed by atoms with Gasteiger partial charge in [-0.25, -0.2) is 0 Å². The SMILES string of the molecule is O=C1c2c(cc(O)c(O)c2[N+](=O)[O-])CC1CN1CCN(c2ccccc2)CC1. The van der Waals surface area contributed by atoms with Gasteiger partial charge in [0.05, 0.1) is 4.92 Å². The number of fused-ring (bicyclic) bond motifs is 1. The van der Waals surface area contributed by atoms with Crippen LogP contribution in [0, 0.1) is 16.0 Å². The van der Waals surface area contributed by atoms with Gasteiger partial charge in [0, 0.05) is 44.3 Å². The molecule has 1 saturated heterocycles. The van der Waals surface area contributed by atoms with E-state index in [1.54, 1.807) is 0 Å². The fourth-order valence-corrected chi connectivity index (χ4v) is 4.16. The number of para-hydroxylation sites is 1. The summed E-state index contributed by atoms with van der Waals surface area (Å²) in [5.74, 6) is -2.13. The highest BCUT2D eigenvalue weighted by molar-refractivity contribution is 6.07. The van der Waals surface area contributed by atoms with Gasteiger partial charge in [-0.3, -0.25) is 19.8 Å². The van der Waals surface area contributed by atoms with E-state index in [1.165, 1.54) is 11.8 Å². The van der Waals surface area contributed by atoms with Gasteiger partial charge in [0.15, 0.2) is 11.5 Å². The summed E-state index contributed by atoms with van der Waals surface area (Å²) >= 11 is 0. The van der Waals surface area contributed by atoms with Gasteiger partial charge >= 0.3 is 5.69 Å². The van der Waals surface area contributed by atoms with Crippen LogP contribution >= 0.6 is 0 Å². The van der Waals surface area contributed by atoms with E-state index >= 15 is 0 Å². The molecule has 1 aliphatic carbocycles. The van der Waals surface area contributed by atoms with Crippen LogP contribution in [0.1, 0.15) is 15.9 Å². The standard InChI is InChI=1S/C20H21N3O5/c24-16-11-13-10-14(19(25)17(13)18(20(16)26)23(27)28)12-21-6-8-22(9-7-21)15-4-2-1-3-5-15/h1-5,11,14,24,26H,6-10,12H2. The molecule has 4 rings (SSSR count). The van der Waals surface area contributed by atoms with Crippen molar-refractivity contribution in [3.8, 4) is 11.5 Å². The van der Waals surface area contributed by atoms with Crippen molar-refractivity contribution in [1.29, 1.82) is 0 Å². The lowest BCUT2D eigenvalue weighted by Gasteiger charge is -2.37. The van der Waals surface area contributed by atoms with Crippen LogP contribution in [0.4, 0.5) is 11.4 Å². The lowest BCUT2D eigenvalue weighted by molar-refractivity contribution is -0.386. The summed E-state index contributed by atoms with van der Waals surface area (Å²) < 4.78 is 0. The Kier molecular flexibility index (Phi) is 4.64. The predicted molar refractivity (Wildman–Crippen MR) is 103 cm³/mol. The molecular weight excluding hydrogens is 362 g/mol. The third-order valence-electron chi connectivity index (χ3n) is 5.57. The molecule has 1 atom stereocenters. The molecule has 0 spiro atoms. The lowest BCUT2D eigenvalue weighted by atomic mass is 10.0. The number of phenols is 2. The van der Waals surface area contributed by atoms with Gasteiger partial charge in [0.1, 0.15) is 5.56 Å². The van der Waals surface area contributed by atoms with Crippen molar-refractivity contribution in [2.24, 2.45) is 5.92 Å². The van der Waals surface area contributed by atoms with Gasteiger partial charge in [0.2, 0.25) is 5.75 Å². The number of aromatic hydroxyl groups is 2. The number of hydrogen-bond acceptors (Lipinski definition) is 7. The van der Waals surface area contributed by atoms with Crippen molar-refractivity contribution in [1.82, 2.24) is 4.90 Å². The molecular formula is C20H21N3O5. The Hall–Kier alpha value is -3.13. The van der Waals surface area contributed by atoms with Crippen molar-refractivity contribution in [2.75, 3.05) is 37.6 Å². The maximum atomic E-state index is 12.8. The maximum absolute atomic E-state index is 12.8.